The first-order valence-electron chi connectivity index (χ1n) is 7.39. The Balaban J connectivity index is 1.68. The Morgan fingerprint density at radius 3 is 3.05 bits per heavy atom. The van der Waals surface area contributed by atoms with E-state index >= 15 is 0 Å². The molecular formula is C16H16N2O4. The van der Waals surface area contributed by atoms with E-state index in [0.717, 1.165) is 35.7 Å². The second-order valence-corrected chi connectivity index (χ2v) is 5.77. The summed E-state index contributed by atoms with van der Waals surface area (Å²) in [6.07, 6.45) is 8.45. The molecule has 1 aliphatic carbocycles. The summed E-state index contributed by atoms with van der Waals surface area (Å²) >= 11 is 0. The fourth-order valence-electron chi connectivity index (χ4n) is 3.24. The van der Waals surface area contributed by atoms with Gasteiger partial charge in [-0.1, -0.05) is 12.2 Å². The summed E-state index contributed by atoms with van der Waals surface area (Å²) in [5.41, 5.74) is 1.88. The summed E-state index contributed by atoms with van der Waals surface area (Å²) in [4.78, 5) is 13.7. The lowest BCUT2D eigenvalue weighted by Crippen LogP contribution is -2.30. The second kappa shape index (κ2) is 4.93. The zero-order valence-electron chi connectivity index (χ0n) is 12.0. The van der Waals surface area contributed by atoms with Crippen LogP contribution in [0.5, 0.6) is 0 Å². The van der Waals surface area contributed by atoms with Crippen LogP contribution in [0.25, 0.3) is 10.9 Å². The Kier molecular flexibility index (Phi) is 3.02. The van der Waals surface area contributed by atoms with Crippen molar-refractivity contribution in [2.45, 2.75) is 31.2 Å². The number of allylic oxidation sites excluding steroid dienone is 1. The van der Waals surface area contributed by atoms with Crippen LogP contribution in [-0.4, -0.2) is 22.3 Å². The number of H-pyrrole nitrogens is 1. The van der Waals surface area contributed by atoms with Crippen LogP contribution in [0.4, 0.5) is 5.69 Å². The van der Waals surface area contributed by atoms with Crippen molar-refractivity contribution in [3.8, 4) is 0 Å². The molecule has 114 valence electrons. The summed E-state index contributed by atoms with van der Waals surface area (Å²) in [6, 6.07) is 4.82. The SMILES string of the molecule is O=[N+]([O-])c1ccc2[nH]cc(C3COC4(CC=CCC4)O3)c2c1. The maximum absolute atomic E-state index is 11.0. The van der Waals surface area contributed by atoms with Crippen molar-refractivity contribution in [1.29, 1.82) is 0 Å². The van der Waals surface area contributed by atoms with Gasteiger partial charge in [0.05, 0.1) is 11.5 Å². The molecule has 0 amide bonds. The molecule has 1 saturated heterocycles. The Labute approximate surface area is 126 Å². The first-order chi connectivity index (χ1) is 10.7. The van der Waals surface area contributed by atoms with Crippen molar-refractivity contribution in [1.82, 2.24) is 4.98 Å². The first-order valence-corrected chi connectivity index (χ1v) is 7.39. The summed E-state index contributed by atoms with van der Waals surface area (Å²) in [5.74, 6) is -0.524. The van der Waals surface area contributed by atoms with Gasteiger partial charge in [0, 0.05) is 47.6 Å². The van der Waals surface area contributed by atoms with Crippen LogP contribution in [0.15, 0.2) is 36.5 Å². The van der Waals surface area contributed by atoms with Gasteiger partial charge in [0.15, 0.2) is 5.79 Å². The van der Waals surface area contributed by atoms with Gasteiger partial charge in [-0.25, -0.2) is 0 Å². The minimum atomic E-state index is -0.524. The van der Waals surface area contributed by atoms with Crippen molar-refractivity contribution in [3.05, 3.63) is 52.2 Å². The third-order valence-electron chi connectivity index (χ3n) is 4.40. The van der Waals surface area contributed by atoms with E-state index in [1.54, 1.807) is 12.1 Å². The molecule has 1 spiro atoms. The molecule has 1 N–H and O–H groups in total. The van der Waals surface area contributed by atoms with E-state index in [4.69, 9.17) is 9.47 Å². The second-order valence-electron chi connectivity index (χ2n) is 5.77. The molecule has 2 heterocycles. The van der Waals surface area contributed by atoms with Gasteiger partial charge in [-0.2, -0.15) is 0 Å². The van der Waals surface area contributed by atoms with E-state index in [-0.39, 0.29) is 16.7 Å². The molecule has 2 aromatic rings. The molecular weight excluding hydrogens is 284 g/mol. The molecule has 22 heavy (non-hydrogen) atoms. The molecule has 6 heteroatoms. The fourth-order valence-corrected chi connectivity index (χ4v) is 3.24. The number of ether oxygens (including phenoxy) is 2. The lowest BCUT2D eigenvalue weighted by molar-refractivity contribution is -0.384. The van der Waals surface area contributed by atoms with E-state index < -0.39 is 5.79 Å². The highest BCUT2D eigenvalue weighted by Gasteiger charge is 2.42. The van der Waals surface area contributed by atoms with Gasteiger partial charge in [0.1, 0.15) is 6.10 Å². The number of nitro benzene ring substituents is 1. The van der Waals surface area contributed by atoms with Gasteiger partial charge < -0.3 is 14.5 Å². The molecule has 2 atom stereocenters. The van der Waals surface area contributed by atoms with Crippen LogP contribution in [0, 0.1) is 10.1 Å². The molecule has 1 aromatic heterocycles. The number of nitrogens with zero attached hydrogens (tertiary/aromatic N) is 1. The van der Waals surface area contributed by atoms with Crippen molar-refractivity contribution in [2.75, 3.05) is 6.61 Å². The largest absolute Gasteiger partial charge is 0.361 e. The van der Waals surface area contributed by atoms with Crippen molar-refractivity contribution in [3.63, 3.8) is 0 Å². The van der Waals surface area contributed by atoms with E-state index in [0.29, 0.717) is 6.61 Å². The molecule has 1 aromatic carbocycles. The molecule has 2 aliphatic rings. The van der Waals surface area contributed by atoms with Gasteiger partial charge in [-0.05, 0) is 12.5 Å². The first kappa shape index (κ1) is 13.5. The molecule has 1 fully saturated rings. The number of rotatable bonds is 2. The average molecular weight is 300 g/mol. The monoisotopic (exact) mass is 300 g/mol. The Morgan fingerprint density at radius 2 is 2.27 bits per heavy atom. The minimum Gasteiger partial charge on any atom is -0.361 e. The Bertz CT molecular complexity index is 767. The zero-order valence-corrected chi connectivity index (χ0v) is 12.0. The van der Waals surface area contributed by atoms with Gasteiger partial charge in [-0.15, -0.1) is 0 Å². The van der Waals surface area contributed by atoms with E-state index in [1.165, 1.54) is 6.07 Å². The predicted molar refractivity (Wildman–Crippen MR) is 80.5 cm³/mol. The quantitative estimate of drug-likeness (QED) is 0.522. The smallest absolute Gasteiger partial charge is 0.270 e. The summed E-state index contributed by atoms with van der Waals surface area (Å²) in [7, 11) is 0. The van der Waals surface area contributed by atoms with Crippen LogP contribution in [0.1, 0.15) is 30.9 Å². The summed E-state index contributed by atoms with van der Waals surface area (Å²) < 4.78 is 12.1. The van der Waals surface area contributed by atoms with Gasteiger partial charge in [-0.3, -0.25) is 10.1 Å². The number of nitrogens with one attached hydrogen (secondary N) is 1. The highest BCUT2D eigenvalue weighted by Crippen LogP contribution is 2.42. The van der Waals surface area contributed by atoms with Crippen molar-refractivity contribution in [2.24, 2.45) is 0 Å². The lowest BCUT2D eigenvalue weighted by atomic mass is 10.0. The zero-order chi connectivity index (χ0) is 15.2. The number of aromatic nitrogens is 1. The number of hydrogen-bond donors (Lipinski definition) is 1. The Morgan fingerprint density at radius 1 is 1.36 bits per heavy atom. The van der Waals surface area contributed by atoms with Crippen LogP contribution >= 0.6 is 0 Å². The Hall–Kier alpha value is -2.18. The fraction of sp³-hybridized carbons (Fsp3) is 0.375. The van der Waals surface area contributed by atoms with E-state index in [2.05, 4.69) is 17.1 Å². The number of aromatic amines is 1. The highest BCUT2D eigenvalue weighted by atomic mass is 16.7. The predicted octanol–water partition coefficient (Wildman–Crippen LogP) is 3.60. The molecule has 0 radical (unpaired) electrons. The summed E-state index contributed by atoms with van der Waals surface area (Å²) in [6.45, 7) is 0.476. The normalized spacial score (nSPS) is 27.7. The average Bonchev–Trinajstić information content (AvgIpc) is 3.11. The summed E-state index contributed by atoms with van der Waals surface area (Å²) in [5, 5.41) is 11.8. The van der Waals surface area contributed by atoms with Crippen LogP contribution in [-0.2, 0) is 9.47 Å². The molecule has 2 unspecified atom stereocenters. The van der Waals surface area contributed by atoms with Crippen molar-refractivity contribution >= 4 is 16.6 Å². The van der Waals surface area contributed by atoms with Crippen molar-refractivity contribution < 1.29 is 14.4 Å². The van der Waals surface area contributed by atoms with Crippen LogP contribution < -0.4 is 0 Å². The lowest BCUT2D eigenvalue weighted by Gasteiger charge is -2.28. The number of benzene rings is 1. The molecule has 4 rings (SSSR count). The van der Waals surface area contributed by atoms with Gasteiger partial charge in [0.2, 0.25) is 0 Å². The number of fused-ring (bicyclic) bond motifs is 1. The molecule has 0 bridgehead atoms. The van der Waals surface area contributed by atoms with E-state index in [1.807, 2.05) is 6.20 Å². The number of non-ortho nitro benzene ring substituents is 1. The maximum Gasteiger partial charge on any atom is 0.270 e. The van der Waals surface area contributed by atoms with E-state index in [9.17, 15) is 10.1 Å². The topological polar surface area (TPSA) is 77.4 Å². The standard InChI is InChI=1S/C16H16N2O4/c19-18(20)11-4-5-14-12(8-11)13(9-17-14)15-10-21-16(22-15)6-2-1-3-7-16/h1-2,4-5,8-9,15,17H,3,6-7,10H2. The third-order valence-corrected chi connectivity index (χ3v) is 4.40. The third kappa shape index (κ3) is 2.12. The maximum atomic E-state index is 11.0. The highest BCUT2D eigenvalue weighted by molar-refractivity contribution is 5.85. The molecule has 6 nitrogen and oxygen atoms in total. The van der Waals surface area contributed by atoms with Crippen LogP contribution in [0.2, 0.25) is 0 Å². The minimum absolute atomic E-state index is 0.0857. The molecule has 1 aliphatic heterocycles. The molecule has 0 saturated carbocycles. The van der Waals surface area contributed by atoms with Crippen LogP contribution in [0.3, 0.4) is 0 Å². The number of nitro groups is 1. The number of hydrogen-bond acceptors (Lipinski definition) is 4. The van der Waals surface area contributed by atoms with Gasteiger partial charge in [0.25, 0.3) is 5.69 Å². The van der Waals surface area contributed by atoms with Gasteiger partial charge >= 0.3 is 0 Å².